The van der Waals surface area contributed by atoms with Crippen molar-refractivity contribution in [3.8, 4) is 5.75 Å². The second-order valence-corrected chi connectivity index (χ2v) is 2.93. The molecule has 78 valence electrons. The van der Waals surface area contributed by atoms with Crippen molar-refractivity contribution in [3.05, 3.63) is 39.9 Å². The smallest absolute Gasteiger partial charge is 0.290 e. The molecule has 0 saturated heterocycles. The summed E-state index contributed by atoms with van der Waals surface area (Å²) in [6.45, 7) is 0. The fraction of sp³-hybridized carbons (Fsp3) is 0. The van der Waals surface area contributed by atoms with Crippen LogP contribution < -0.4 is 5.56 Å². The first-order valence-electron chi connectivity index (χ1n) is 3.90. The Balaban J connectivity index is 3.04. The molecule has 2 rings (SSSR count). The summed E-state index contributed by atoms with van der Waals surface area (Å²) in [4.78, 5) is 12.7. The molecule has 1 aromatic heterocycles. The summed E-state index contributed by atoms with van der Waals surface area (Å²) in [7, 11) is 0. The molecule has 6 heteroatoms. The van der Waals surface area contributed by atoms with Crippen LogP contribution in [0.15, 0.2) is 16.9 Å². The third kappa shape index (κ3) is 1.34. The maximum absolute atomic E-state index is 13.1. The normalized spacial score (nSPS) is 10.9. The van der Waals surface area contributed by atoms with Crippen molar-refractivity contribution >= 4 is 10.9 Å². The van der Waals surface area contributed by atoms with Gasteiger partial charge in [-0.3, -0.25) is 4.79 Å². The van der Waals surface area contributed by atoms with Crippen molar-refractivity contribution in [2.45, 2.75) is 0 Å². The first kappa shape index (κ1) is 9.57. The number of rotatable bonds is 0. The standard InChI is InChI=1S/C9H4F3NO2/c10-4-2-5(11)7(12)8-3(4)1-6(14)9(15)13-8/h1-2,14H,(H,13,15). The molecule has 3 nitrogen and oxygen atoms in total. The number of halogens is 3. The van der Waals surface area contributed by atoms with Gasteiger partial charge in [0.05, 0.1) is 5.52 Å². The predicted octanol–water partition coefficient (Wildman–Crippen LogP) is 1.65. The highest BCUT2D eigenvalue weighted by atomic mass is 19.2. The van der Waals surface area contributed by atoms with E-state index in [1.807, 2.05) is 4.98 Å². The summed E-state index contributed by atoms with van der Waals surface area (Å²) in [5.41, 5.74) is -1.61. The van der Waals surface area contributed by atoms with Crippen molar-refractivity contribution in [1.29, 1.82) is 0 Å². The van der Waals surface area contributed by atoms with E-state index in [1.165, 1.54) is 0 Å². The lowest BCUT2D eigenvalue weighted by atomic mass is 10.2. The number of hydrogen-bond donors (Lipinski definition) is 2. The minimum atomic E-state index is -1.40. The lowest BCUT2D eigenvalue weighted by Crippen LogP contribution is -2.07. The molecule has 0 bridgehead atoms. The summed E-state index contributed by atoms with van der Waals surface area (Å²) >= 11 is 0. The van der Waals surface area contributed by atoms with E-state index in [9.17, 15) is 18.0 Å². The lowest BCUT2D eigenvalue weighted by Gasteiger charge is -2.02. The quantitative estimate of drug-likeness (QED) is 0.656. The van der Waals surface area contributed by atoms with Crippen LogP contribution in [0.4, 0.5) is 13.2 Å². The van der Waals surface area contributed by atoms with Gasteiger partial charge in [-0.25, -0.2) is 13.2 Å². The Bertz CT molecular complexity index is 606. The molecule has 0 amide bonds. The van der Waals surface area contributed by atoms with Crippen molar-refractivity contribution in [2.24, 2.45) is 0 Å². The molecule has 0 atom stereocenters. The molecule has 0 aliphatic carbocycles. The summed E-state index contributed by atoms with van der Waals surface area (Å²) in [5, 5.41) is 8.59. The van der Waals surface area contributed by atoms with Crippen LogP contribution in [0.1, 0.15) is 0 Å². The number of nitrogens with one attached hydrogen (secondary N) is 1. The van der Waals surface area contributed by atoms with Gasteiger partial charge < -0.3 is 10.1 Å². The molecule has 0 aliphatic rings. The molecule has 0 saturated carbocycles. The predicted molar refractivity (Wildman–Crippen MR) is 46.1 cm³/mol. The van der Waals surface area contributed by atoms with E-state index in [0.717, 1.165) is 6.07 Å². The summed E-state index contributed by atoms with van der Waals surface area (Å²) in [5.74, 6) is -4.58. The third-order valence-corrected chi connectivity index (χ3v) is 1.96. The highest BCUT2D eigenvalue weighted by Gasteiger charge is 2.14. The first-order valence-corrected chi connectivity index (χ1v) is 3.90. The van der Waals surface area contributed by atoms with Crippen molar-refractivity contribution < 1.29 is 18.3 Å². The Hall–Kier alpha value is -1.98. The molecular weight excluding hydrogens is 211 g/mol. The highest BCUT2D eigenvalue weighted by Crippen LogP contribution is 2.22. The molecule has 1 aromatic carbocycles. The van der Waals surface area contributed by atoms with Gasteiger partial charge in [-0.15, -0.1) is 0 Å². The van der Waals surface area contributed by atoms with Gasteiger partial charge in [0.1, 0.15) is 5.82 Å². The molecule has 2 N–H and O–H groups in total. The van der Waals surface area contributed by atoms with E-state index in [-0.39, 0.29) is 5.39 Å². The monoisotopic (exact) mass is 215 g/mol. The SMILES string of the molecule is O=c1[nH]c2c(F)c(F)cc(F)c2cc1O. The van der Waals surface area contributed by atoms with Gasteiger partial charge in [0.2, 0.25) is 0 Å². The minimum Gasteiger partial charge on any atom is -0.503 e. The van der Waals surface area contributed by atoms with Crippen LogP contribution in [0.5, 0.6) is 5.75 Å². The van der Waals surface area contributed by atoms with Crippen molar-refractivity contribution in [2.75, 3.05) is 0 Å². The molecular formula is C9H4F3NO2. The zero-order valence-electron chi connectivity index (χ0n) is 7.14. The number of fused-ring (bicyclic) bond motifs is 1. The topological polar surface area (TPSA) is 53.1 Å². The molecule has 0 unspecified atom stereocenters. The highest BCUT2D eigenvalue weighted by molar-refractivity contribution is 5.80. The van der Waals surface area contributed by atoms with E-state index in [0.29, 0.717) is 6.07 Å². The van der Waals surface area contributed by atoms with Gasteiger partial charge in [-0.2, -0.15) is 0 Å². The van der Waals surface area contributed by atoms with Gasteiger partial charge in [0, 0.05) is 11.5 Å². The van der Waals surface area contributed by atoms with Crippen LogP contribution >= 0.6 is 0 Å². The number of H-pyrrole nitrogens is 1. The van der Waals surface area contributed by atoms with Crippen LogP contribution in [-0.2, 0) is 0 Å². The van der Waals surface area contributed by atoms with Gasteiger partial charge in [0.15, 0.2) is 17.4 Å². The molecule has 0 radical (unpaired) electrons. The molecule has 1 heterocycles. The van der Waals surface area contributed by atoms with E-state index < -0.39 is 34.3 Å². The Morgan fingerprint density at radius 2 is 1.80 bits per heavy atom. The van der Waals surface area contributed by atoms with Gasteiger partial charge >= 0.3 is 0 Å². The summed E-state index contributed by atoms with van der Waals surface area (Å²) in [6.07, 6.45) is 0. The zero-order valence-corrected chi connectivity index (χ0v) is 7.14. The van der Waals surface area contributed by atoms with E-state index in [4.69, 9.17) is 5.11 Å². The minimum absolute atomic E-state index is 0.343. The number of aromatic hydroxyl groups is 1. The van der Waals surface area contributed by atoms with E-state index >= 15 is 0 Å². The number of benzene rings is 1. The van der Waals surface area contributed by atoms with Gasteiger partial charge in [-0.1, -0.05) is 0 Å². The molecule has 15 heavy (non-hydrogen) atoms. The van der Waals surface area contributed by atoms with Crippen molar-refractivity contribution in [1.82, 2.24) is 4.98 Å². The number of hydrogen-bond acceptors (Lipinski definition) is 2. The number of pyridine rings is 1. The Morgan fingerprint density at radius 1 is 1.13 bits per heavy atom. The maximum atomic E-state index is 13.1. The largest absolute Gasteiger partial charge is 0.503 e. The number of aromatic nitrogens is 1. The second-order valence-electron chi connectivity index (χ2n) is 2.93. The van der Waals surface area contributed by atoms with Crippen LogP contribution in [0.25, 0.3) is 10.9 Å². The Labute approximate surface area is 80.8 Å². The zero-order chi connectivity index (χ0) is 11.2. The summed E-state index contributed by atoms with van der Waals surface area (Å²) < 4.78 is 38.9. The Kier molecular flexibility index (Phi) is 1.92. The molecule has 0 spiro atoms. The van der Waals surface area contributed by atoms with E-state index in [1.54, 1.807) is 0 Å². The van der Waals surface area contributed by atoms with Gasteiger partial charge in [0.25, 0.3) is 5.56 Å². The first-order chi connectivity index (χ1) is 7.00. The van der Waals surface area contributed by atoms with Gasteiger partial charge in [-0.05, 0) is 6.07 Å². The Morgan fingerprint density at radius 3 is 2.47 bits per heavy atom. The fourth-order valence-electron chi connectivity index (χ4n) is 1.25. The second kappa shape index (κ2) is 3.01. The van der Waals surface area contributed by atoms with Crippen LogP contribution in [-0.4, -0.2) is 10.1 Å². The molecule has 2 aromatic rings. The number of aromatic amines is 1. The molecule has 0 aliphatic heterocycles. The fourth-order valence-corrected chi connectivity index (χ4v) is 1.25. The van der Waals surface area contributed by atoms with Crippen LogP contribution in [0.3, 0.4) is 0 Å². The lowest BCUT2D eigenvalue weighted by molar-refractivity contribution is 0.466. The maximum Gasteiger partial charge on any atom is 0.290 e. The van der Waals surface area contributed by atoms with Crippen molar-refractivity contribution in [3.63, 3.8) is 0 Å². The third-order valence-electron chi connectivity index (χ3n) is 1.96. The average Bonchev–Trinajstić information content (AvgIpc) is 2.18. The summed E-state index contributed by atoms with van der Waals surface area (Å²) in [6, 6.07) is 1.08. The van der Waals surface area contributed by atoms with Crippen LogP contribution in [0.2, 0.25) is 0 Å². The van der Waals surface area contributed by atoms with Crippen LogP contribution in [0, 0.1) is 17.5 Å². The van der Waals surface area contributed by atoms with E-state index in [2.05, 4.69) is 0 Å². The molecule has 0 fully saturated rings. The average molecular weight is 215 g/mol.